The van der Waals surface area contributed by atoms with Crippen LogP contribution in [0, 0.1) is 10.1 Å². The minimum absolute atomic E-state index is 0.0330. The SMILES string of the molecule is O=[N+]([O-])c1ccc(CNS(=O)(=O)c2cnc[nH]2)cc1. The van der Waals surface area contributed by atoms with Crippen molar-refractivity contribution in [2.45, 2.75) is 11.6 Å². The number of aromatic nitrogens is 2. The van der Waals surface area contributed by atoms with Crippen LogP contribution in [0.4, 0.5) is 5.69 Å². The smallest absolute Gasteiger partial charge is 0.269 e. The van der Waals surface area contributed by atoms with E-state index in [2.05, 4.69) is 14.7 Å². The van der Waals surface area contributed by atoms with Gasteiger partial charge in [0.05, 0.1) is 17.4 Å². The van der Waals surface area contributed by atoms with E-state index in [0.717, 1.165) is 0 Å². The Bertz CT molecular complexity index is 664. The molecule has 0 unspecified atom stereocenters. The van der Waals surface area contributed by atoms with Crippen LogP contribution >= 0.6 is 0 Å². The zero-order valence-electron chi connectivity index (χ0n) is 9.61. The van der Waals surface area contributed by atoms with Crippen LogP contribution in [-0.4, -0.2) is 23.3 Å². The quantitative estimate of drug-likeness (QED) is 0.621. The summed E-state index contributed by atoms with van der Waals surface area (Å²) in [4.78, 5) is 16.1. The van der Waals surface area contributed by atoms with Crippen molar-refractivity contribution in [1.82, 2.24) is 14.7 Å². The van der Waals surface area contributed by atoms with E-state index >= 15 is 0 Å². The van der Waals surface area contributed by atoms with Crippen molar-refractivity contribution in [3.05, 3.63) is 52.5 Å². The Morgan fingerprint density at radius 1 is 1.32 bits per heavy atom. The Morgan fingerprint density at radius 3 is 2.53 bits per heavy atom. The summed E-state index contributed by atoms with van der Waals surface area (Å²) in [5, 5.41) is 10.4. The van der Waals surface area contributed by atoms with Crippen molar-refractivity contribution in [1.29, 1.82) is 0 Å². The molecule has 2 rings (SSSR count). The predicted molar refractivity (Wildman–Crippen MR) is 65.7 cm³/mol. The first kappa shape index (κ1) is 13.2. The van der Waals surface area contributed by atoms with Gasteiger partial charge in [0.1, 0.15) is 0 Å². The number of nitrogens with zero attached hydrogens (tertiary/aromatic N) is 2. The Morgan fingerprint density at radius 2 is 2.00 bits per heavy atom. The van der Waals surface area contributed by atoms with Gasteiger partial charge in [-0.05, 0) is 5.56 Å². The van der Waals surface area contributed by atoms with Gasteiger partial charge >= 0.3 is 0 Å². The van der Waals surface area contributed by atoms with Crippen LogP contribution in [0.15, 0.2) is 41.8 Å². The molecule has 2 aromatic rings. The second-order valence-electron chi connectivity index (χ2n) is 3.66. The van der Waals surface area contributed by atoms with Crippen LogP contribution in [0.5, 0.6) is 0 Å². The summed E-state index contributed by atoms with van der Waals surface area (Å²) in [5.41, 5.74) is 0.578. The van der Waals surface area contributed by atoms with Gasteiger partial charge in [0.25, 0.3) is 15.7 Å². The minimum atomic E-state index is -3.64. The molecule has 0 aliphatic heterocycles. The first-order chi connectivity index (χ1) is 8.99. The molecule has 0 aliphatic rings. The number of hydrogen-bond acceptors (Lipinski definition) is 5. The number of nitro groups is 1. The molecular formula is C10H10N4O4S. The fourth-order valence-corrected chi connectivity index (χ4v) is 2.30. The van der Waals surface area contributed by atoms with E-state index in [1.807, 2.05) is 0 Å². The summed E-state index contributed by atoms with van der Waals surface area (Å²) in [6, 6.07) is 5.63. The number of nitro benzene ring substituents is 1. The highest BCUT2D eigenvalue weighted by Gasteiger charge is 2.15. The summed E-state index contributed by atoms with van der Waals surface area (Å²) in [7, 11) is -3.64. The third kappa shape index (κ3) is 3.14. The molecule has 1 aromatic heterocycles. The molecule has 9 heteroatoms. The van der Waals surface area contributed by atoms with E-state index in [9.17, 15) is 18.5 Å². The van der Waals surface area contributed by atoms with E-state index in [1.165, 1.54) is 36.8 Å². The highest BCUT2D eigenvalue weighted by molar-refractivity contribution is 7.89. The van der Waals surface area contributed by atoms with Crippen LogP contribution in [0.3, 0.4) is 0 Å². The van der Waals surface area contributed by atoms with Gasteiger partial charge in [-0.25, -0.2) is 18.1 Å². The second-order valence-corrected chi connectivity index (χ2v) is 5.40. The molecule has 0 fully saturated rings. The largest absolute Gasteiger partial charge is 0.335 e. The first-order valence-electron chi connectivity index (χ1n) is 5.20. The standard InChI is InChI=1S/C10H10N4O4S/c15-14(16)9-3-1-8(2-4-9)5-13-19(17,18)10-6-11-7-12-10/h1-4,6-7,13H,5H2,(H,11,12). The van der Waals surface area contributed by atoms with Crippen LogP contribution in [-0.2, 0) is 16.6 Å². The lowest BCUT2D eigenvalue weighted by molar-refractivity contribution is -0.384. The molecule has 0 spiro atoms. The number of nitrogens with one attached hydrogen (secondary N) is 2. The van der Waals surface area contributed by atoms with Crippen molar-refractivity contribution in [3.8, 4) is 0 Å². The highest BCUT2D eigenvalue weighted by Crippen LogP contribution is 2.12. The molecule has 1 heterocycles. The van der Waals surface area contributed by atoms with Gasteiger partial charge in [-0.3, -0.25) is 10.1 Å². The Balaban J connectivity index is 2.05. The van der Waals surface area contributed by atoms with Gasteiger partial charge in [0.15, 0.2) is 5.03 Å². The number of non-ortho nitro benzene ring substituents is 1. The van der Waals surface area contributed by atoms with Crippen LogP contribution in [0.1, 0.15) is 5.56 Å². The third-order valence-corrected chi connectivity index (χ3v) is 3.70. The number of H-pyrrole nitrogens is 1. The van der Waals surface area contributed by atoms with Gasteiger partial charge in [0, 0.05) is 18.7 Å². The molecule has 0 atom stereocenters. The minimum Gasteiger partial charge on any atom is -0.335 e. The fourth-order valence-electron chi connectivity index (χ4n) is 1.38. The molecule has 0 saturated heterocycles. The van der Waals surface area contributed by atoms with Gasteiger partial charge in [-0.15, -0.1) is 0 Å². The average molecular weight is 282 g/mol. The summed E-state index contributed by atoms with van der Waals surface area (Å²) in [6.07, 6.45) is 2.46. The molecule has 0 bridgehead atoms. The third-order valence-electron chi connectivity index (χ3n) is 2.38. The zero-order chi connectivity index (χ0) is 13.9. The molecule has 0 aliphatic carbocycles. The molecule has 1 aromatic carbocycles. The highest BCUT2D eigenvalue weighted by atomic mass is 32.2. The van der Waals surface area contributed by atoms with E-state index in [0.29, 0.717) is 5.56 Å². The molecular weight excluding hydrogens is 272 g/mol. The maximum Gasteiger partial charge on any atom is 0.269 e. The summed E-state index contributed by atoms with van der Waals surface area (Å²) in [6.45, 7) is 0.0410. The molecule has 8 nitrogen and oxygen atoms in total. The number of imidazole rings is 1. The number of benzene rings is 1. The number of rotatable bonds is 5. The van der Waals surface area contributed by atoms with Crippen LogP contribution in [0.2, 0.25) is 0 Å². The molecule has 2 N–H and O–H groups in total. The van der Waals surface area contributed by atoms with Crippen molar-refractivity contribution < 1.29 is 13.3 Å². The van der Waals surface area contributed by atoms with E-state index in [4.69, 9.17) is 0 Å². The summed E-state index contributed by atoms with van der Waals surface area (Å²) >= 11 is 0. The zero-order valence-corrected chi connectivity index (χ0v) is 10.4. The summed E-state index contributed by atoms with van der Waals surface area (Å²) in [5.74, 6) is 0. The number of hydrogen-bond donors (Lipinski definition) is 2. The van der Waals surface area contributed by atoms with Crippen LogP contribution < -0.4 is 4.72 Å². The first-order valence-corrected chi connectivity index (χ1v) is 6.69. The van der Waals surface area contributed by atoms with Gasteiger partial charge in [-0.1, -0.05) is 12.1 Å². The van der Waals surface area contributed by atoms with Crippen molar-refractivity contribution in [2.75, 3.05) is 0 Å². The van der Waals surface area contributed by atoms with Crippen molar-refractivity contribution in [3.63, 3.8) is 0 Å². The van der Waals surface area contributed by atoms with Crippen molar-refractivity contribution in [2.24, 2.45) is 0 Å². The lowest BCUT2D eigenvalue weighted by atomic mass is 10.2. The predicted octanol–water partition coefficient (Wildman–Crippen LogP) is 0.796. The molecule has 0 saturated carbocycles. The normalized spacial score (nSPS) is 11.4. The fraction of sp³-hybridized carbons (Fsp3) is 0.100. The number of sulfonamides is 1. The van der Waals surface area contributed by atoms with Gasteiger partial charge < -0.3 is 4.98 Å². The van der Waals surface area contributed by atoms with E-state index < -0.39 is 14.9 Å². The molecule has 100 valence electrons. The van der Waals surface area contributed by atoms with Crippen LogP contribution in [0.25, 0.3) is 0 Å². The topological polar surface area (TPSA) is 118 Å². The monoisotopic (exact) mass is 282 g/mol. The van der Waals surface area contributed by atoms with Gasteiger partial charge in [-0.2, -0.15) is 0 Å². The van der Waals surface area contributed by atoms with E-state index in [1.54, 1.807) is 0 Å². The Labute approximate surface area is 108 Å². The Hall–Kier alpha value is -2.26. The Kier molecular flexibility index (Phi) is 3.58. The summed E-state index contributed by atoms with van der Waals surface area (Å²) < 4.78 is 25.9. The lowest BCUT2D eigenvalue weighted by Gasteiger charge is -2.04. The second kappa shape index (κ2) is 5.16. The lowest BCUT2D eigenvalue weighted by Crippen LogP contribution is -2.23. The maximum absolute atomic E-state index is 11.8. The molecule has 0 amide bonds. The number of aromatic amines is 1. The maximum atomic E-state index is 11.8. The molecule has 0 radical (unpaired) electrons. The van der Waals surface area contributed by atoms with Crippen molar-refractivity contribution >= 4 is 15.7 Å². The van der Waals surface area contributed by atoms with Gasteiger partial charge in [0.2, 0.25) is 0 Å². The van der Waals surface area contributed by atoms with E-state index in [-0.39, 0.29) is 17.3 Å². The average Bonchev–Trinajstić information content (AvgIpc) is 2.91. The molecule has 19 heavy (non-hydrogen) atoms.